The predicted octanol–water partition coefficient (Wildman–Crippen LogP) is 2.42. The van der Waals surface area contributed by atoms with Gasteiger partial charge in [0.15, 0.2) is 0 Å². The van der Waals surface area contributed by atoms with Crippen LogP contribution in [-0.2, 0) is 9.59 Å². The number of carboxylic acid groups (broad SMARTS) is 1. The summed E-state index contributed by atoms with van der Waals surface area (Å²) in [4.78, 5) is 24.6. The normalized spacial score (nSPS) is 13.8. The number of carbonyl (C=O) groups is 2. The third-order valence-electron chi connectivity index (χ3n) is 3.34. The largest absolute Gasteiger partial charge is 0.480 e. The molecule has 6 heteroatoms. The van der Waals surface area contributed by atoms with Crippen molar-refractivity contribution in [3.63, 3.8) is 0 Å². The van der Waals surface area contributed by atoms with Gasteiger partial charge in [0, 0.05) is 4.47 Å². The number of benzene rings is 1. The van der Waals surface area contributed by atoms with E-state index in [1.54, 1.807) is 18.9 Å². The van der Waals surface area contributed by atoms with Gasteiger partial charge in [-0.1, -0.05) is 35.0 Å². The first kappa shape index (κ1) is 17.7. The molecule has 0 heterocycles. The molecule has 2 unspecified atom stereocenters. The number of aliphatic carboxylic acids is 1. The first-order chi connectivity index (χ1) is 9.85. The first-order valence-corrected chi connectivity index (χ1v) is 7.62. The summed E-state index contributed by atoms with van der Waals surface area (Å²) < 4.78 is 0.983. The third kappa shape index (κ3) is 5.47. The van der Waals surface area contributed by atoms with Crippen LogP contribution in [0.3, 0.4) is 0 Å². The van der Waals surface area contributed by atoms with E-state index in [0.29, 0.717) is 6.42 Å². The van der Waals surface area contributed by atoms with Gasteiger partial charge in [0.25, 0.3) is 0 Å². The topological polar surface area (TPSA) is 69.6 Å². The summed E-state index contributed by atoms with van der Waals surface area (Å²) in [7, 11) is 1.65. The van der Waals surface area contributed by atoms with E-state index >= 15 is 0 Å². The molecule has 0 spiro atoms. The first-order valence-electron chi connectivity index (χ1n) is 6.83. The molecule has 0 aromatic heterocycles. The summed E-state index contributed by atoms with van der Waals surface area (Å²) in [6.07, 6.45) is 0.460. The van der Waals surface area contributed by atoms with Gasteiger partial charge in [-0.05, 0) is 38.1 Å². The van der Waals surface area contributed by atoms with Gasteiger partial charge in [-0.15, -0.1) is 0 Å². The molecule has 0 fully saturated rings. The second-order valence-corrected chi connectivity index (χ2v) is 5.93. The second kappa shape index (κ2) is 8.14. The molecule has 0 radical (unpaired) electrons. The lowest BCUT2D eigenvalue weighted by atomic mass is 10.1. The highest BCUT2D eigenvalue weighted by Crippen LogP contribution is 2.16. The molecule has 1 aromatic carbocycles. The molecule has 21 heavy (non-hydrogen) atoms. The average Bonchev–Trinajstić information content (AvgIpc) is 2.39. The maximum atomic E-state index is 12.0. The van der Waals surface area contributed by atoms with E-state index in [-0.39, 0.29) is 18.5 Å². The molecule has 1 aromatic rings. The Balaban J connectivity index is 2.56. The van der Waals surface area contributed by atoms with Gasteiger partial charge in [0.1, 0.15) is 6.04 Å². The van der Waals surface area contributed by atoms with E-state index in [1.807, 2.05) is 31.2 Å². The van der Waals surface area contributed by atoms with Gasteiger partial charge in [0.05, 0.1) is 12.6 Å². The third-order valence-corrected chi connectivity index (χ3v) is 3.87. The van der Waals surface area contributed by atoms with Crippen molar-refractivity contribution in [2.24, 2.45) is 0 Å². The Morgan fingerprint density at radius 2 is 1.90 bits per heavy atom. The summed E-state index contributed by atoms with van der Waals surface area (Å²) in [5, 5.41) is 11.9. The number of amides is 1. The fourth-order valence-electron chi connectivity index (χ4n) is 2.13. The van der Waals surface area contributed by atoms with E-state index in [2.05, 4.69) is 21.2 Å². The number of likely N-dealkylation sites (N-methyl/N-ethyl adjacent to an activating group) is 1. The minimum atomic E-state index is -0.909. The van der Waals surface area contributed by atoms with Crippen LogP contribution in [-0.4, -0.2) is 41.5 Å². The van der Waals surface area contributed by atoms with E-state index in [4.69, 9.17) is 5.11 Å². The number of carboxylic acids is 1. The van der Waals surface area contributed by atoms with Crippen molar-refractivity contribution in [2.45, 2.75) is 32.4 Å². The molecule has 1 rings (SSSR count). The van der Waals surface area contributed by atoms with Gasteiger partial charge in [-0.3, -0.25) is 14.5 Å². The molecule has 0 saturated carbocycles. The number of carbonyl (C=O) groups excluding carboxylic acids is 1. The minimum absolute atomic E-state index is 0.0612. The van der Waals surface area contributed by atoms with Gasteiger partial charge in [-0.25, -0.2) is 0 Å². The number of hydrogen-bond donors (Lipinski definition) is 2. The van der Waals surface area contributed by atoms with E-state index < -0.39 is 12.0 Å². The highest BCUT2D eigenvalue weighted by atomic mass is 79.9. The van der Waals surface area contributed by atoms with Gasteiger partial charge >= 0.3 is 5.97 Å². The number of rotatable bonds is 7. The predicted molar refractivity (Wildman–Crippen MR) is 85.0 cm³/mol. The van der Waals surface area contributed by atoms with Crippen LogP contribution in [0.5, 0.6) is 0 Å². The molecule has 1 amide bonds. The van der Waals surface area contributed by atoms with Crippen LogP contribution in [0, 0.1) is 0 Å². The molecule has 0 aliphatic heterocycles. The van der Waals surface area contributed by atoms with Gasteiger partial charge in [0.2, 0.25) is 5.91 Å². The van der Waals surface area contributed by atoms with Crippen LogP contribution in [0.1, 0.15) is 31.9 Å². The number of nitrogens with zero attached hydrogens (tertiary/aromatic N) is 1. The quantitative estimate of drug-likeness (QED) is 0.786. The number of nitrogens with one attached hydrogen (secondary N) is 1. The number of halogens is 1. The van der Waals surface area contributed by atoms with Crippen LogP contribution in [0.2, 0.25) is 0 Å². The van der Waals surface area contributed by atoms with Crippen molar-refractivity contribution < 1.29 is 14.7 Å². The van der Waals surface area contributed by atoms with Crippen LogP contribution < -0.4 is 5.32 Å². The van der Waals surface area contributed by atoms with Crippen molar-refractivity contribution in [1.29, 1.82) is 0 Å². The average molecular weight is 357 g/mol. The van der Waals surface area contributed by atoms with Crippen LogP contribution in [0.25, 0.3) is 0 Å². The second-order valence-electron chi connectivity index (χ2n) is 5.02. The zero-order valence-corrected chi connectivity index (χ0v) is 14.1. The molecule has 2 N–H and O–H groups in total. The Labute approximate surface area is 133 Å². The Morgan fingerprint density at radius 3 is 2.38 bits per heavy atom. The molecular weight excluding hydrogens is 336 g/mol. The maximum absolute atomic E-state index is 12.0. The van der Waals surface area contributed by atoms with Crippen molar-refractivity contribution in [3.05, 3.63) is 34.3 Å². The maximum Gasteiger partial charge on any atom is 0.320 e. The van der Waals surface area contributed by atoms with Crippen LogP contribution >= 0.6 is 15.9 Å². The van der Waals surface area contributed by atoms with E-state index in [1.165, 1.54) is 0 Å². The molecule has 5 nitrogen and oxygen atoms in total. The smallest absolute Gasteiger partial charge is 0.320 e. The Bertz CT molecular complexity index is 490. The number of hydrogen-bond acceptors (Lipinski definition) is 3. The SMILES string of the molecule is CCC(C(=O)O)N(C)CC(=O)NC(C)c1ccc(Br)cc1. The molecule has 116 valence electrons. The molecule has 2 atom stereocenters. The fourth-order valence-corrected chi connectivity index (χ4v) is 2.40. The summed E-state index contributed by atoms with van der Waals surface area (Å²) in [6.45, 7) is 3.75. The summed E-state index contributed by atoms with van der Waals surface area (Å²) >= 11 is 3.37. The summed E-state index contributed by atoms with van der Waals surface area (Å²) in [6, 6.07) is 6.95. The van der Waals surface area contributed by atoms with Crippen molar-refractivity contribution in [3.8, 4) is 0 Å². The lowest BCUT2D eigenvalue weighted by Crippen LogP contribution is -2.44. The van der Waals surface area contributed by atoms with Crippen molar-refractivity contribution >= 4 is 27.8 Å². The van der Waals surface area contributed by atoms with Crippen LogP contribution in [0.4, 0.5) is 0 Å². The van der Waals surface area contributed by atoms with E-state index in [0.717, 1.165) is 10.0 Å². The Kier molecular flexibility index (Phi) is 6.84. The molecule has 0 saturated heterocycles. The Hall–Kier alpha value is -1.40. The van der Waals surface area contributed by atoms with Gasteiger partial charge in [-0.2, -0.15) is 0 Å². The lowest BCUT2D eigenvalue weighted by molar-refractivity contribution is -0.143. The molecule has 0 aliphatic carbocycles. The molecular formula is C15H21BrN2O3. The fraction of sp³-hybridized carbons (Fsp3) is 0.467. The standard InChI is InChI=1S/C15H21BrN2O3/c1-4-13(15(20)21)18(3)9-14(19)17-10(2)11-5-7-12(16)8-6-11/h5-8,10,13H,4,9H2,1-3H3,(H,17,19)(H,20,21). The van der Waals surface area contributed by atoms with Gasteiger partial charge < -0.3 is 10.4 Å². The molecule has 0 aliphatic rings. The van der Waals surface area contributed by atoms with Crippen LogP contribution in [0.15, 0.2) is 28.7 Å². The van der Waals surface area contributed by atoms with E-state index in [9.17, 15) is 9.59 Å². The van der Waals surface area contributed by atoms with Crippen molar-refractivity contribution in [2.75, 3.05) is 13.6 Å². The molecule has 0 bridgehead atoms. The lowest BCUT2D eigenvalue weighted by Gasteiger charge is -2.24. The highest BCUT2D eigenvalue weighted by Gasteiger charge is 2.22. The monoisotopic (exact) mass is 356 g/mol. The Morgan fingerprint density at radius 1 is 1.33 bits per heavy atom. The zero-order chi connectivity index (χ0) is 16.0. The highest BCUT2D eigenvalue weighted by molar-refractivity contribution is 9.10. The zero-order valence-electron chi connectivity index (χ0n) is 12.5. The summed E-state index contributed by atoms with van der Waals surface area (Å²) in [5.41, 5.74) is 1.000. The van der Waals surface area contributed by atoms with Crippen molar-refractivity contribution in [1.82, 2.24) is 10.2 Å². The summed E-state index contributed by atoms with van der Waals surface area (Å²) in [5.74, 6) is -1.10. The minimum Gasteiger partial charge on any atom is -0.480 e.